The second-order valence-electron chi connectivity index (χ2n) is 6.41. The molecule has 2 aliphatic rings. The van der Waals surface area contributed by atoms with Crippen LogP contribution in [-0.4, -0.2) is 22.6 Å². The quantitative estimate of drug-likeness (QED) is 0.854. The number of carbonyl (C=O) groups excluding carboxylic acids is 2. The molecule has 2 N–H and O–H groups in total. The van der Waals surface area contributed by atoms with Gasteiger partial charge in [0.25, 0.3) is 5.91 Å². The SMILES string of the molecule is CCC1CCc2nc(NC(=O)c3ccc4c(c3)NC(=O)CS4)sc2C1. The Kier molecular flexibility index (Phi) is 4.52. The third kappa shape index (κ3) is 3.43. The van der Waals surface area contributed by atoms with Crippen molar-refractivity contribution >= 4 is 45.7 Å². The fraction of sp³-hybridized carbons (Fsp3) is 0.389. The number of nitrogens with zero attached hydrogens (tertiary/aromatic N) is 1. The maximum absolute atomic E-state index is 12.6. The van der Waals surface area contributed by atoms with Gasteiger partial charge in [-0.3, -0.25) is 14.9 Å². The minimum absolute atomic E-state index is 0.0341. The maximum atomic E-state index is 12.6. The van der Waals surface area contributed by atoms with Gasteiger partial charge in [0.1, 0.15) is 0 Å². The monoisotopic (exact) mass is 373 g/mol. The molecular formula is C18H19N3O2S2. The summed E-state index contributed by atoms with van der Waals surface area (Å²) in [4.78, 5) is 31.0. The number of amides is 2. The Morgan fingerprint density at radius 3 is 3.16 bits per heavy atom. The molecule has 1 aromatic carbocycles. The summed E-state index contributed by atoms with van der Waals surface area (Å²) >= 11 is 3.08. The first-order chi connectivity index (χ1) is 12.1. The molecule has 130 valence electrons. The van der Waals surface area contributed by atoms with E-state index in [4.69, 9.17) is 0 Å². The van der Waals surface area contributed by atoms with Crippen molar-refractivity contribution in [3.8, 4) is 0 Å². The third-order valence-electron chi connectivity index (χ3n) is 4.71. The fourth-order valence-electron chi connectivity index (χ4n) is 3.24. The molecule has 25 heavy (non-hydrogen) atoms. The number of carbonyl (C=O) groups is 2. The lowest BCUT2D eigenvalue weighted by Gasteiger charge is -2.18. The van der Waals surface area contributed by atoms with E-state index in [2.05, 4.69) is 22.5 Å². The number of benzene rings is 1. The Labute approximate surface area is 154 Å². The van der Waals surface area contributed by atoms with Crippen LogP contribution in [0.5, 0.6) is 0 Å². The Hall–Kier alpha value is -1.86. The lowest BCUT2D eigenvalue weighted by atomic mass is 9.89. The first-order valence-corrected chi connectivity index (χ1v) is 10.3. The van der Waals surface area contributed by atoms with E-state index in [1.807, 2.05) is 6.07 Å². The van der Waals surface area contributed by atoms with Crippen LogP contribution in [0, 0.1) is 5.92 Å². The lowest BCUT2D eigenvalue weighted by molar-refractivity contribution is -0.113. The first kappa shape index (κ1) is 16.6. The second kappa shape index (κ2) is 6.80. The normalized spacial score (nSPS) is 18.9. The van der Waals surface area contributed by atoms with Crippen LogP contribution in [0.25, 0.3) is 0 Å². The molecule has 0 saturated carbocycles. The van der Waals surface area contributed by atoms with Crippen molar-refractivity contribution in [3.63, 3.8) is 0 Å². The molecule has 1 atom stereocenters. The highest BCUT2D eigenvalue weighted by Crippen LogP contribution is 2.34. The molecule has 4 rings (SSSR count). The molecule has 1 unspecified atom stereocenters. The van der Waals surface area contributed by atoms with Gasteiger partial charge in [-0.15, -0.1) is 23.1 Å². The summed E-state index contributed by atoms with van der Waals surface area (Å²) in [6.07, 6.45) is 4.45. The first-order valence-electron chi connectivity index (χ1n) is 8.49. The highest BCUT2D eigenvalue weighted by Gasteiger charge is 2.23. The van der Waals surface area contributed by atoms with Crippen molar-refractivity contribution in [1.82, 2.24) is 4.98 Å². The predicted octanol–water partition coefficient (Wildman–Crippen LogP) is 3.95. The van der Waals surface area contributed by atoms with E-state index in [9.17, 15) is 9.59 Å². The topological polar surface area (TPSA) is 71.1 Å². The molecule has 0 spiro atoms. The summed E-state index contributed by atoms with van der Waals surface area (Å²) in [6, 6.07) is 5.40. The van der Waals surface area contributed by atoms with Crippen LogP contribution in [0.3, 0.4) is 0 Å². The molecule has 2 aromatic rings. The number of rotatable bonds is 3. The predicted molar refractivity (Wildman–Crippen MR) is 102 cm³/mol. The molecule has 7 heteroatoms. The minimum Gasteiger partial charge on any atom is -0.324 e. The van der Waals surface area contributed by atoms with E-state index in [1.165, 1.54) is 29.5 Å². The van der Waals surface area contributed by atoms with Gasteiger partial charge in [0.15, 0.2) is 5.13 Å². The van der Waals surface area contributed by atoms with Crippen molar-refractivity contribution in [2.24, 2.45) is 5.92 Å². The van der Waals surface area contributed by atoms with Crippen LogP contribution in [0.15, 0.2) is 23.1 Å². The number of nitrogens with one attached hydrogen (secondary N) is 2. The summed E-state index contributed by atoms with van der Waals surface area (Å²) in [7, 11) is 0. The van der Waals surface area contributed by atoms with Gasteiger partial charge in [-0.25, -0.2) is 4.98 Å². The van der Waals surface area contributed by atoms with Gasteiger partial charge in [-0.2, -0.15) is 0 Å². The molecule has 0 bridgehead atoms. The molecule has 1 aliphatic carbocycles. The van der Waals surface area contributed by atoms with Crippen LogP contribution in [0.2, 0.25) is 0 Å². The van der Waals surface area contributed by atoms with Crippen LogP contribution in [0.4, 0.5) is 10.8 Å². The number of fused-ring (bicyclic) bond motifs is 2. The molecular weight excluding hydrogens is 354 g/mol. The third-order valence-corrected chi connectivity index (χ3v) is 6.82. The molecule has 0 radical (unpaired) electrons. The van der Waals surface area contributed by atoms with Crippen LogP contribution in [-0.2, 0) is 17.6 Å². The summed E-state index contributed by atoms with van der Waals surface area (Å²) in [5.74, 6) is 0.930. The molecule has 1 aliphatic heterocycles. The highest BCUT2D eigenvalue weighted by atomic mass is 32.2. The minimum atomic E-state index is -0.189. The standard InChI is InChI=1S/C18H19N3O2S2/c1-2-10-3-5-12-15(7-10)25-18(20-12)21-17(23)11-4-6-14-13(8-11)19-16(22)9-24-14/h4,6,8,10H,2-3,5,7,9H2,1H3,(H,19,22)(H,20,21,23). The van der Waals surface area contributed by atoms with Crippen LogP contribution in [0.1, 0.15) is 40.7 Å². The smallest absolute Gasteiger partial charge is 0.257 e. The van der Waals surface area contributed by atoms with Crippen molar-refractivity contribution in [2.45, 2.75) is 37.5 Å². The van der Waals surface area contributed by atoms with Gasteiger partial charge in [-0.05, 0) is 43.4 Å². The maximum Gasteiger partial charge on any atom is 0.257 e. The van der Waals surface area contributed by atoms with E-state index in [-0.39, 0.29) is 11.8 Å². The van der Waals surface area contributed by atoms with Gasteiger partial charge < -0.3 is 5.32 Å². The lowest BCUT2D eigenvalue weighted by Crippen LogP contribution is -2.19. The van der Waals surface area contributed by atoms with Gasteiger partial charge in [0, 0.05) is 15.3 Å². The van der Waals surface area contributed by atoms with Crippen LogP contribution >= 0.6 is 23.1 Å². The van der Waals surface area contributed by atoms with Crippen LogP contribution < -0.4 is 10.6 Å². The van der Waals surface area contributed by atoms with Gasteiger partial charge in [-0.1, -0.05) is 13.3 Å². The number of thiazole rings is 1. The Balaban J connectivity index is 1.50. The molecule has 5 nitrogen and oxygen atoms in total. The van der Waals surface area contributed by atoms with E-state index in [0.717, 1.165) is 29.3 Å². The zero-order valence-electron chi connectivity index (χ0n) is 13.9. The number of aryl methyl sites for hydroxylation is 1. The van der Waals surface area contributed by atoms with Crippen molar-refractivity contribution in [2.75, 3.05) is 16.4 Å². The zero-order chi connectivity index (χ0) is 17.4. The average Bonchev–Trinajstić information content (AvgIpc) is 3.02. The van der Waals surface area contributed by atoms with Crippen molar-refractivity contribution in [1.29, 1.82) is 0 Å². The second-order valence-corrected chi connectivity index (χ2v) is 8.51. The number of aromatic nitrogens is 1. The van der Waals surface area contributed by atoms with Crippen molar-refractivity contribution in [3.05, 3.63) is 34.3 Å². The summed E-state index contributed by atoms with van der Waals surface area (Å²) in [5.41, 5.74) is 2.37. The van der Waals surface area contributed by atoms with E-state index >= 15 is 0 Å². The summed E-state index contributed by atoms with van der Waals surface area (Å²) in [5, 5.41) is 6.40. The average molecular weight is 374 g/mol. The summed E-state index contributed by atoms with van der Waals surface area (Å²) < 4.78 is 0. The number of anilines is 2. The van der Waals surface area contributed by atoms with Gasteiger partial charge in [0.05, 0.1) is 17.1 Å². The molecule has 1 aromatic heterocycles. The molecule has 2 amide bonds. The fourth-order valence-corrected chi connectivity index (χ4v) is 5.14. The summed E-state index contributed by atoms with van der Waals surface area (Å²) in [6.45, 7) is 2.23. The zero-order valence-corrected chi connectivity index (χ0v) is 15.6. The van der Waals surface area contributed by atoms with Gasteiger partial charge in [0.2, 0.25) is 5.91 Å². The van der Waals surface area contributed by atoms with E-state index < -0.39 is 0 Å². The number of hydrogen-bond donors (Lipinski definition) is 2. The van der Waals surface area contributed by atoms with Crippen molar-refractivity contribution < 1.29 is 9.59 Å². The van der Waals surface area contributed by atoms with E-state index in [1.54, 1.807) is 23.5 Å². The highest BCUT2D eigenvalue weighted by molar-refractivity contribution is 8.00. The Bertz CT molecular complexity index is 847. The largest absolute Gasteiger partial charge is 0.324 e. The molecule has 2 heterocycles. The van der Waals surface area contributed by atoms with Gasteiger partial charge >= 0.3 is 0 Å². The van der Waals surface area contributed by atoms with E-state index in [0.29, 0.717) is 22.1 Å². The number of hydrogen-bond acceptors (Lipinski definition) is 5. The number of thioether (sulfide) groups is 1. The Morgan fingerprint density at radius 2 is 2.32 bits per heavy atom. The molecule has 0 saturated heterocycles. The molecule has 0 fully saturated rings. The Morgan fingerprint density at radius 1 is 1.44 bits per heavy atom.